The molecule has 2 amide bonds. The van der Waals surface area contributed by atoms with Gasteiger partial charge in [-0.15, -0.1) is 0 Å². The van der Waals surface area contributed by atoms with E-state index in [-0.39, 0.29) is 0 Å². The maximum Gasteiger partial charge on any atom is 0.309 e. The highest BCUT2D eigenvalue weighted by Crippen LogP contribution is 2.12. The minimum absolute atomic E-state index is 0.833. The van der Waals surface area contributed by atoms with Crippen LogP contribution in [0.4, 0.5) is 4.79 Å². The monoisotopic (exact) mass is 442 g/mol. The Balaban J connectivity index is 0. The Labute approximate surface area is 195 Å². The van der Waals surface area contributed by atoms with Gasteiger partial charge in [-0.25, -0.2) is 4.79 Å². The van der Waals surface area contributed by atoms with Crippen LogP contribution < -0.4 is 11.5 Å². The summed E-state index contributed by atoms with van der Waals surface area (Å²) in [7, 11) is 0. The third-order valence-corrected chi connectivity index (χ3v) is 5.78. The van der Waals surface area contributed by atoms with Crippen LogP contribution >= 0.6 is 0 Å². The highest BCUT2D eigenvalue weighted by Gasteiger charge is 1.95. The quantitative estimate of drug-likeness (QED) is 0.147. The molecule has 0 heterocycles. The molecule has 31 heavy (non-hydrogen) atoms. The zero-order valence-corrected chi connectivity index (χ0v) is 21.4. The van der Waals surface area contributed by atoms with Gasteiger partial charge in [-0.3, -0.25) is 0 Å². The summed E-state index contributed by atoms with van der Waals surface area (Å²) in [5.74, 6) is 0. The molecule has 0 aromatic heterocycles. The molecule has 4 heteroatoms. The van der Waals surface area contributed by atoms with Crippen LogP contribution in [0.1, 0.15) is 155 Å². The zero-order valence-electron chi connectivity index (χ0n) is 21.4. The fourth-order valence-corrected chi connectivity index (χ4v) is 3.84. The Bertz CT molecular complexity index is 296. The summed E-state index contributed by atoms with van der Waals surface area (Å²) < 4.78 is 5.80. The number of carbonyl (C=O) groups is 1. The third kappa shape index (κ3) is 40.2. The van der Waals surface area contributed by atoms with Crippen LogP contribution in [0.5, 0.6) is 0 Å². The average Bonchev–Trinajstić information content (AvgIpc) is 2.74. The molecule has 188 valence electrons. The maximum absolute atomic E-state index is 9.00. The fraction of sp³-hybridized carbons (Fsp3) is 0.963. The van der Waals surface area contributed by atoms with Crippen LogP contribution in [0.25, 0.3) is 0 Å². The lowest BCUT2D eigenvalue weighted by atomic mass is 10.1. The number of nitrogens with two attached hydrogens (primary N) is 2. The standard InChI is InChI=1S/C26H54O.CH4N2O/c1-3-5-7-9-11-13-15-17-19-21-23-25-27-26-24-22-20-18-16-14-12-10-8-6-4-2;2-1(3)4/h3-26H2,1-2H3;(H4,2,3,4). The van der Waals surface area contributed by atoms with E-state index in [2.05, 4.69) is 25.3 Å². The highest BCUT2D eigenvalue weighted by atomic mass is 16.5. The van der Waals surface area contributed by atoms with Crippen molar-refractivity contribution in [2.75, 3.05) is 13.2 Å². The van der Waals surface area contributed by atoms with E-state index in [1.165, 1.54) is 141 Å². The van der Waals surface area contributed by atoms with E-state index in [1.54, 1.807) is 0 Å². The average molecular weight is 443 g/mol. The molecule has 0 aliphatic heterocycles. The Morgan fingerprint density at radius 2 is 0.645 bits per heavy atom. The molecule has 0 aromatic carbocycles. The van der Waals surface area contributed by atoms with Gasteiger partial charge in [0.15, 0.2) is 0 Å². The molecule has 0 aliphatic rings. The molecule has 0 saturated carbocycles. The number of hydrogen-bond acceptors (Lipinski definition) is 2. The molecule has 0 aromatic rings. The summed E-state index contributed by atoms with van der Waals surface area (Å²) in [6, 6.07) is -0.833. The van der Waals surface area contributed by atoms with E-state index in [0.29, 0.717) is 0 Å². The predicted molar refractivity (Wildman–Crippen MR) is 138 cm³/mol. The lowest BCUT2D eigenvalue weighted by molar-refractivity contribution is 0.125. The van der Waals surface area contributed by atoms with Gasteiger partial charge >= 0.3 is 6.03 Å². The zero-order chi connectivity index (χ0) is 23.3. The van der Waals surface area contributed by atoms with Crippen LogP contribution in [0.15, 0.2) is 0 Å². The van der Waals surface area contributed by atoms with Gasteiger partial charge in [0.1, 0.15) is 0 Å². The van der Waals surface area contributed by atoms with Gasteiger partial charge in [0.05, 0.1) is 0 Å². The van der Waals surface area contributed by atoms with Crippen molar-refractivity contribution < 1.29 is 9.53 Å². The Kier molecular flexibility index (Phi) is 32.8. The van der Waals surface area contributed by atoms with Gasteiger partial charge < -0.3 is 16.2 Å². The fourth-order valence-electron chi connectivity index (χ4n) is 3.84. The van der Waals surface area contributed by atoms with Crippen molar-refractivity contribution >= 4 is 6.03 Å². The molecule has 0 spiro atoms. The number of amides is 2. The first-order valence-corrected chi connectivity index (χ1v) is 13.8. The van der Waals surface area contributed by atoms with Crippen LogP contribution in [0, 0.1) is 0 Å². The lowest BCUT2D eigenvalue weighted by Crippen LogP contribution is -2.18. The molecule has 0 fully saturated rings. The molecular weight excluding hydrogens is 384 g/mol. The molecule has 4 nitrogen and oxygen atoms in total. The number of carbonyl (C=O) groups excluding carboxylic acids is 1. The van der Waals surface area contributed by atoms with Crippen LogP contribution in [0.3, 0.4) is 0 Å². The third-order valence-electron chi connectivity index (χ3n) is 5.78. The first-order valence-electron chi connectivity index (χ1n) is 13.8. The summed E-state index contributed by atoms with van der Waals surface area (Å²) in [5.41, 5.74) is 8.50. The first-order chi connectivity index (χ1) is 15.1. The number of ether oxygens (including phenoxy) is 1. The summed E-state index contributed by atoms with van der Waals surface area (Å²) >= 11 is 0. The molecular formula is C27H58N2O2. The lowest BCUT2D eigenvalue weighted by Gasteiger charge is -2.05. The largest absolute Gasteiger partial charge is 0.381 e. The van der Waals surface area contributed by atoms with Gasteiger partial charge in [-0.2, -0.15) is 0 Å². The smallest absolute Gasteiger partial charge is 0.309 e. The van der Waals surface area contributed by atoms with Gasteiger partial charge in [0.2, 0.25) is 0 Å². The SMILES string of the molecule is CCCCCCCCCCCCCOCCCCCCCCCCCCC.NC(N)=O. The van der Waals surface area contributed by atoms with Crippen LogP contribution in [0.2, 0.25) is 0 Å². The van der Waals surface area contributed by atoms with Crippen molar-refractivity contribution in [1.29, 1.82) is 0 Å². The summed E-state index contributed by atoms with van der Waals surface area (Å²) in [6.45, 7) is 6.58. The van der Waals surface area contributed by atoms with E-state index < -0.39 is 6.03 Å². The van der Waals surface area contributed by atoms with Crippen molar-refractivity contribution in [2.45, 2.75) is 155 Å². The Morgan fingerprint density at radius 1 is 0.452 bits per heavy atom. The molecule has 0 saturated heterocycles. The van der Waals surface area contributed by atoms with Crippen molar-refractivity contribution in [3.8, 4) is 0 Å². The second-order valence-corrected chi connectivity index (χ2v) is 9.09. The van der Waals surface area contributed by atoms with E-state index >= 15 is 0 Å². The van der Waals surface area contributed by atoms with Crippen molar-refractivity contribution in [3.63, 3.8) is 0 Å². The second-order valence-electron chi connectivity index (χ2n) is 9.09. The number of rotatable bonds is 24. The molecule has 0 atom stereocenters. The minimum Gasteiger partial charge on any atom is -0.381 e. The van der Waals surface area contributed by atoms with Crippen LogP contribution in [-0.4, -0.2) is 19.2 Å². The van der Waals surface area contributed by atoms with Crippen molar-refractivity contribution in [3.05, 3.63) is 0 Å². The molecule has 0 unspecified atom stereocenters. The topological polar surface area (TPSA) is 78.3 Å². The van der Waals surface area contributed by atoms with E-state index in [9.17, 15) is 0 Å². The van der Waals surface area contributed by atoms with Gasteiger partial charge in [0.25, 0.3) is 0 Å². The number of hydrogen-bond donors (Lipinski definition) is 2. The number of unbranched alkanes of at least 4 members (excludes halogenated alkanes) is 20. The predicted octanol–water partition coefficient (Wildman–Crippen LogP) is 8.65. The molecule has 0 rings (SSSR count). The second kappa shape index (κ2) is 31.4. The van der Waals surface area contributed by atoms with E-state index in [0.717, 1.165) is 13.2 Å². The van der Waals surface area contributed by atoms with E-state index in [4.69, 9.17) is 9.53 Å². The summed E-state index contributed by atoms with van der Waals surface area (Å²) in [4.78, 5) is 9.00. The molecule has 0 radical (unpaired) electrons. The first kappa shape index (κ1) is 32.4. The minimum atomic E-state index is -0.833. The Hall–Kier alpha value is -0.770. The van der Waals surface area contributed by atoms with E-state index in [1.807, 2.05) is 0 Å². The van der Waals surface area contributed by atoms with Gasteiger partial charge in [-0.05, 0) is 12.8 Å². The summed E-state index contributed by atoms with van der Waals surface area (Å²) in [5, 5.41) is 0. The Morgan fingerprint density at radius 3 is 0.871 bits per heavy atom. The summed E-state index contributed by atoms with van der Waals surface area (Å²) in [6.07, 6.45) is 31.1. The van der Waals surface area contributed by atoms with Gasteiger partial charge in [0, 0.05) is 13.2 Å². The molecule has 4 N–H and O–H groups in total. The number of primary amides is 2. The molecule has 0 bridgehead atoms. The molecule has 0 aliphatic carbocycles. The van der Waals surface area contributed by atoms with Crippen molar-refractivity contribution in [1.82, 2.24) is 0 Å². The normalized spacial score (nSPS) is 10.6. The van der Waals surface area contributed by atoms with Crippen LogP contribution in [-0.2, 0) is 4.74 Å². The van der Waals surface area contributed by atoms with Crippen molar-refractivity contribution in [2.24, 2.45) is 11.5 Å². The highest BCUT2D eigenvalue weighted by molar-refractivity contribution is 5.69. The maximum atomic E-state index is 9.00. The van der Waals surface area contributed by atoms with Gasteiger partial charge in [-0.1, -0.05) is 142 Å². The number of urea groups is 1.